The van der Waals surface area contributed by atoms with E-state index in [0.29, 0.717) is 11.1 Å². The number of methoxy groups -OCH3 is 1. The van der Waals surface area contributed by atoms with E-state index in [9.17, 15) is 18.8 Å². The van der Waals surface area contributed by atoms with Crippen molar-refractivity contribution in [2.45, 2.75) is 12.6 Å². The third-order valence-corrected chi connectivity index (χ3v) is 4.47. The van der Waals surface area contributed by atoms with Gasteiger partial charge in [0, 0.05) is 24.7 Å². The number of hydrogen-bond donors (Lipinski definition) is 2. The molecular weight excluding hydrogens is 415 g/mol. The van der Waals surface area contributed by atoms with Crippen molar-refractivity contribution in [3.63, 3.8) is 0 Å². The maximum Gasteiger partial charge on any atom is 0.337 e. The summed E-state index contributed by atoms with van der Waals surface area (Å²) in [7, 11) is 1.26. The standard InChI is InChI=1S/C21H20ClFN2O5/c1-30-21(29)15-7-5-13(6-8-15)11-25(12-17(24)20(27)28)18(26)10-9-14-3-2-4-16(22)19(14)23/h2-10,17H,11-12,24H2,1H3,(H,27,28)/b10-9+. The normalized spacial score (nSPS) is 11.9. The first-order chi connectivity index (χ1) is 14.2. The number of esters is 1. The molecule has 0 aliphatic rings. The summed E-state index contributed by atoms with van der Waals surface area (Å²) in [4.78, 5) is 36.5. The van der Waals surface area contributed by atoms with Crippen LogP contribution in [-0.4, -0.2) is 47.5 Å². The monoisotopic (exact) mass is 434 g/mol. The second kappa shape index (κ2) is 10.5. The number of amides is 1. The first kappa shape index (κ1) is 23.1. The summed E-state index contributed by atoms with van der Waals surface area (Å²) in [5.74, 6) is -3.01. The minimum atomic E-state index is -1.31. The molecule has 30 heavy (non-hydrogen) atoms. The number of benzene rings is 2. The van der Waals surface area contributed by atoms with Crippen LogP contribution in [-0.2, 0) is 20.9 Å². The van der Waals surface area contributed by atoms with Crippen LogP contribution in [0.1, 0.15) is 21.5 Å². The van der Waals surface area contributed by atoms with Crippen molar-refractivity contribution in [3.05, 3.63) is 76.1 Å². The average Bonchev–Trinajstić information content (AvgIpc) is 2.73. The van der Waals surface area contributed by atoms with E-state index < -0.39 is 29.7 Å². The highest BCUT2D eigenvalue weighted by atomic mass is 35.5. The van der Waals surface area contributed by atoms with E-state index in [2.05, 4.69) is 4.74 Å². The molecule has 0 radical (unpaired) electrons. The SMILES string of the molecule is COC(=O)c1ccc(CN(CC(N)C(=O)O)C(=O)/C=C/c2cccc(Cl)c2F)cc1. The van der Waals surface area contributed by atoms with E-state index in [4.69, 9.17) is 22.4 Å². The molecule has 0 aliphatic heterocycles. The summed E-state index contributed by atoms with van der Waals surface area (Å²) in [5, 5.41) is 9.00. The van der Waals surface area contributed by atoms with E-state index in [1.165, 1.54) is 48.4 Å². The lowest BCUT2D eigenvalue weighted by atomic mass is 10.1. The highest BCUT2D eigenvalue weighted by Gasteiger charge is 2.20. The number of aliphatic carboxylic acids is 1. The Kier molecular flexibility index (Phi) is 8.08. The van der Waals surface area contributed by atoms with Gasteiger partial charge in [-0.1, -0.05) is 35.9 Å². The molecule has 7 nitrogen and oxygen atoms in total. The zero-order valence-electron chi connectivity index (χ0n) is 16.0. The molecule has 1 atom stereocenters. The Bertz CT molecular complexity index is 962. The third kappa shape index (κ3) is 6.13. The second-order valence-electron chi connectivity index (χ2n) is 6.33. The van der Waals surface area contributed by atoms with Crippen LogP contribution in [0.5, 0.6) is 0 Å². The molecule has 0 fully saturated rings. The van der Waals surface area contributed by atoms with Crippen molar-refractivity contribution in [1.29, 1.82) is 0 Å². The van der Waals surface area contributed by atoms with Gasteiger partial charge in [0.25, 0.3) is 0 Å². The minimum Gasteiger partial charge on any atom is -0.480 e. The minimum absolute atomic E-state index is 0.0314. The quantitative estimate of drug-likeness (QED) is 0.488. The molecule has 158 valence electrons. The van der Waals surface area contributed by atoms with Crippen molar-refractivity contribution >= 4 is 35.5 Å². The summed E-state index contributed by atoms with van der Waals surface area (Å²) in [5.41, 5.74) is 6.66. The van der Waals surface area contributed by atoms with E-state index in [0.717, 1.165) is 6.08 Å². The zero-order chi connectivity index (χ0) is 22.3. The largest absolute Gasteiger partial charge is 0.480 e. The number of ether oxygens (including phenoxy) is 1. The highest BCUT2D eigenvalue weighted by Crippen LogP contribution is 2.19. The maximum atomic E-state index is 14.0. The number of nitrogens with zero attached hydrogens (tertiary/aromatic N) is 1. The molecule has 2 rings (SSSR count). The maximum absolute atomic E-state index is 14.0. The number of carboxylic acids is 1. The fraction of sp³-hybridized carbons (Fsp3) is 0.190. The number of rotatable bonds is 8. The lowest BCUT2D eigenvalue weighted by molar-refractivity contribution is -0.139. The molecule has 2 aromatic carbocycles. The van der Waals surface area contributed by atoms with Gasteiger partial charge in [-0.25, -0.2) is 9.18 Å². The van der Waals surface area contributed by atoms with Gasteiger partial charge in [0.15, 0.2) is 0 Å². The van der Waals surface area contributed by atoms with Crippen LogP contribution in [0.2, 0.25) is 5.02 Å². The molecular formula is C21H20ClFN2O5. The van der Waals surface area contributed by atoms with E-state index >= 15 is 0 Å². The molecule has 0 bridgehead atoms. The Labute approximate surface area is 177 Å². The van der Waals surface area contributed by atoms with Gasteiger partial charge in [-0.3, -0.25) is 9.59 Å². The Hall–Kier alpha value is -3.23. The summed E-state index contributed by atoms with van der Waals surface area (Å²) in [6, 6.07) is 9.33. The molecule has 0 saturated carbocycles. The van der Waals surface area contributed by atoms with Gasteiger partial charge >= 0.3 is 11.9 Å². The van der Waals surface area contributed by atoms with Crippen LogP contribution in [0.25, 0.3) is 6.08 Å². The van der Waals surface area contributed by atoms with E-state index in [-0.39, 0.29) is 23.7 Å². The molecule has 9 heteroatoms. The summed E-state index contributed by atoms with van der Waals surface area (Å²) < 4.78 is 18.6. The van der Waals surface area contributed by atoms with Crippen LogP contribution in [0, 0.1) is 5.82 Å². The van der Waals surface area contributed by atoms with Crippen LogP contribution < -0.4 is 5.73 Å². The van der Waals surface area contributed by atoms with Gasteiger partial charge < -0.3 is 20.5 Å². The number of carbonyl (C=O) groups excluding carboxylic acids is 2. The predicted octanol–water partition coefficient (Wildman–Crippen LogP) is 2.72. The topological polar surface area (TPSA) is 110 Å². The van der Waals surface area contributed by atoms with Crippen molar-refractivity contribution in [2.75, 3.05) is 13.7 Å². The van der Waals surface area contributed by atoms with Crippen molar-refractivity contribution < 1.29 is 28.6 Å². The molecule has 0 heterocycles. The van der Waals surface area contributed by atoms with Crippen molar-refractivity contribution in [2.24, 2.45) is 5.73 Å². The zero-order valence-corrected chi connectivity index (χ0v) is 16.8. The number of nitrogens with two attached hydrogens (primary N) is 1. The Balaban J connectivity index is 2.22. The fourth-order valence-electron chi connectivity index (χ4n) is 2.55. The van der Waals surface area contributed by atoms with Gasteiger partial charge in [0.2, 0.25) is 5.91 Å². The number of carboxylic acid groups (broad SMARTS) is 1. The summed E-state index contributed by atoms with van der Waals surface area (Å²) in [6.07, 6.45) is 2.37. The lowest BCUT2D eigenvalue weighted by Gasteiger charge is -2.23. The summed E-state index contributed by atoms with van der Waals surface area (Å²) >= 11 is 5.73. The smallest absolute Gasteiger partial charge is 0.337 e. The molecule has 0 aromatic heterocycles. The summed E-state index contributed by atoms with van der Waals surface area (Å²) in [6.45, 7) is -0.237. The number of carbonyl (C=O) groups is 3. The number of hydrogen-bond acceptors (Lipinski definition) is 5. The predicted molar refractivity (Wildman–Crippen MR) is 109 cm³/mol. The molecule has 1 amide bonds. The molecule has 3 N–H and O–H groups in total. The van der Waals surface area contributed by atoms with Crippen LogP contribution in [0.4, 0.5) is 4.39 Å². The van der Waals surface area contributed by atoms with Crippen LogP contribution in [0.15, 0.2) is 48.5 Å². The first-order valence-electron chi connectivity index (χ1n) is 8.79. The number of halogens is 2. The second-order valence-corrected chi connectivity index (χ2v) is 6.74. The van der Waals surface area contributed by atoms with E-state index in [1.807, 2.05) is 0 Å². The molecule has 2 aromatic rings. The van der Waals surface area contributed by atoms with Gasteiger partial charge in [0.1, 0.15) is 11.9 Å². The molecule has 0 spiro atoms. The Morgan fingerprint density at radius 1 is 1.23 bits per heavy atom. The van der Waals surface area contributed by atoms with Gasteiger partial charge in [0.05, 0.1) is 17.7 Å². The first-order valence-corrected chi connectivity index (χ1v) is 9.17. The fourth-order valence-corrected chi connectivity index (χ4v) is 2.73. The molecule has 0 aliphatic carbocycles. The highest BCUT2D eigenvalue weighted by molar-refractivity contribution is 6.30. The third-order valence-electron chi connectivity index (χ3n) is 4.18. The van der Waals surface area contributed by atoms with Gasteiger partial charge in [-0.05, 0) is 29.8 Å². The lowest BCUT2D eigenvalue weighted by Crippen LogP contribution is -2.44. The average molecular weight is 435 g/mol. The van der Waals surface area contributed by atoms with Crippen LogP contribution in [0.3, 0.4) is 0 Å². The Morgan fingerprint density at radius 3 is 2.50 bits per heavy atom. The molecule has 0 saturated heterocycles. The van der Waals surface area contributed by atoms with Gasteiger partial charge in [-0.15, -0.1) is 0 Å². The molecule has 1 unspecified atom stereocenters. The van der Waals surface area contributed by atoms with Crippen molar-refractivity contribution in [1.82, 2.24) is 4.90 Å². The van der Waals surface area contributed by atoms with E-state index in [1.54, 1.807) is 12.1 Å². The van der Waals surface area contributed by atoms with Gasteiger partial charge in [-0.2, -0.15) is 0 Å². The Morgan fingerprint density at radius 2 is 1.90 bits per heavy atom. The van der Waals surface area contributed by atoms with Crippen LogP contribution >= 0.6 is 11.6 Å². The van der Waals surface area contributed by atoms with Crippen molar-refractivity contribution in [3.8, 4) is 0 Å².